The maximum absolute atomic E-state index is 12.4. The summed E-state index contributed by atoms with van der Waals surface area (Å²) in [7, 11) is 1.30. The standard InChI is InChI=1S/C20H18N2O4/c1-25-19(23)14-26-18-6-4-5-16(13-18)21-20(24)15-7-9-17(10-8-15)22-11-2-3-12-22/h2-13H,14H2,1H3,(H,21,24). The third-order valence-electron chi connectivity index (χ3n) is 3.71. The first kappa shape index (κ1) is 17.3. The Bertz CT molecular complexity index is 886. The van der Waals surface area contributed by atoms with Gasteiger partial charge in [-0.05, 0) is 48.5 Å². The number of amides is 1. The molecule has 1 heterocycles. The molecule has 132 valence electrons. The summed E-state index contributed by atoms with van der Waals surface area (Å²) >= 11 is 0. The van der Waals surface area contributed by atoms with Crippen molar-refractivity contribution >= 4 is 17.6 Å². The van der Waals surface area contributed by atoms with Crippen LogP contribution in [0.15, 0.2) is 73.1 Å². The highest BCUT2D eigenvalue weighted by Gasteiger charge is 2.08. The third-order valence-corrected chi connectivity index (χ3v) is 3.71. The van der Waals surface area contributed by atoms with Gasteiger partial charge in [0.1, 0.15) is 5.75 Å². The Balaban J connectivity index is 1.65. The lowest BCUT2D eigenvalue weighted by Gasteiger charge is -2.09. The first-order valence-corrected chi connectivity index (χ1v) is 8.00. The van der Waals surface area contributed by atoms with Crippen molar-refractivity contribution in [2.45, 2.75) is 0 Å². The quantitative estimate of drug-likeness (QED) is 0.693. The Morgan fingerprint density at radius 1 is 1.00 bits per heavy atom. The molecule has 0 aliphatic carbocycles. The molecule has 6 nitrogen and oxygen atoms in total. The van der Waals surface area contributed by atoms with Gasteiger partial charge in [0.25, 0.3) is 5.91 Å². The average molecular weight is 350 g/mol. The predicted octanol–water partition coefficient (Wildman–Crippen LogP) is 3.28. The Labute approximate surface area is 151 Å². The van der Waals surface area contributed by atoms with Gasteiger partial charge in [-0.25, -0.2) is 4.79 Å². The normalized spacial score (nSPS) is 10.2. The SMILES string of the molecule is COC(=O)COc1cccc(NC(=O)c2ccc(-n3cccc3)cc2)c1. The van der Waals surface area contributed by atoms with Crippen molar-refractivity contribution in [3.63, 3.8) is 0 Å². The zero-order valence-electron chi connectivity index (χ0n) is 14.2. The molecule has 0 atom stereocenters. The summed E-state index contributed by atoms with van der Waals surface area (Å²) in [6.45, 7) is -0.186. The molecule has 0 saturated carbocycles. The van der Waals surface area contributed by atoms with Gasteiger partial charge in [0.15, 0.2) is 6.61 Å². The fourth-order valence-corrected chi connectivity index (χ4v) is 2.36. The summed E-state index contributed by atoms with van der Waals surface area (Å²) in [5, 5.41) is 2.81. The van der Waals surface area contributed by atoms with Crippen molar-refractivity contribution < 1.29 is 19.1 Å². The zero-order valence-corrected chi connectivity index (χ0v) is 14.2. The van der Waals surface area contributed by atoms with Gasteiger partial charge in [-0.1, -0.05) is 6.07 Å². The molecule has 0 aliphatic rings. The smallest absolute Gasteiger partial charge is 0.343 e. The van der Waals surface area contributed by atoms with Gasteiger partial charge in [-0.15, -0.1) is 0 Å². The van der Waals surface area contributed by atoms with E-state index in [0.29, 0.717) is 17.0 Å². The number of rotatable bonds is 6. The van der Waals surface area contributed by atoms with E-state index in [-0.39, 0.29) is 12.5 Å². The summed E-state index contributed by atoms with van der Waals surface area (Å²) in [5.41, 5.74) is 2.10. The van der Waals surface area contributed by atoms with Crippen LogP contribution in [0.2, 0.25) is 0 Å². The molecule has 0 fully saturated rings. The number of esters is 1. The maximum Gasteiger partial charge on any atom is 0.343 e. The van der Waals surface area contributed by atoms with E-state index < -0.39 is 5.97 Å². The van der Waals surface area contributed by atoms with Crippen LogP contribution in [0.4, 0.5) is 5.69 Å². The van der Waals surface area contributed by atoms with Crippen LogP contribution in [0.5, 0.6) is 5.75 Å². The number of carbonyl (C=O) groups excluding carboxylic acids is 2. The molecular formula is C20H18N2O4. The highest BCUT2D eigenvalue weighted by Crippen LogP contribution is 2.18. The molecule has 0 bridgehead atoms. The van der Waals surface area contributed by atoms with Crippen LogP contribution in [0.25, 0.3) is 5.69 Å². The molecule has 2 aromatic carbocycles. The highest BCUT2D eigenvalue weighted by atomic mass is 16.6. The average Bonchev–Trinajstić information content (AvgIpc) is 3.21. The van der Waals surface area contributed by atoms with E-state index in [1.807, 2.05) is 41.2 Å². The summed E-state index contributed by atoms with van der Waals surface area (Å²) in [4.78, 5) is 23.5. The van der Waals surface area contributed by atoms with Crippen molar-refractivity contribution in [3.8, 4) is 11.4 Å². The van der Waals surface area contributed by atoms with Gasteiger partial charge in [-0.3, -0.25) is 4.79 Å². The van der Waals surface area contributed by atoms with E-state index in [1.54, 1.807) is 36.4 Å². The van der Waals surface area contributed by atoms with E-state index in [4.69, 9.17) is 4.74 Å². The van der Waals surface area contributed by atoms with Crippen molar-refractivity contribution in [1.29, 1.82) is 0 Å². The maximum atomic E-state index is 12.4. The third kappa shape index (κ3) is 4.30. The predicted molar refractivity (Wildman–Crippen MR) is 97.7 cm³/mol. The number of hydrogen-bond acceptors (Lipinski definition) is 4. The van der Waals surface area contributed by atoms with Gasteiger partial charge in [0, 0.05) is 35.4 Å². The minimum Gasteiger partial charge on any atom is -0.482 e. The number of ether oxygens (including phenoxy) is 2. The lowest BCUT2D eigenvalue weighted by molar-refractivity contribution is -0.142. The number of nitrogens with one attached hydrogen (secondary N) is 1. The fourth-order valence-electron chi connectivity index (χ4n) is 2.36. The lowest BCUT2D eigenvalue weighted by Crippen LogP contribution is -2.13. The molecule has 1 amide bonds. The molecule has 0 aliphatic heterocycles. The van der Waals surface area contributed by atoms with Gasteiger partial charge in [0.05, 0.1) is 7.11 Å². The van der Waals surface area contributed by atoms with Gasteiger partial charge >= 0.3 is 5.97 Å². The molecule has 0 radical (unpaired) electrons. The summed E-state index contributed by atoms with van der Waals surface area (Å²) < 4.78 is 11.8. The number of anilines is 1. The molecule has 6 heteroatoms. The molecule has 1 aromatic heterocycles. The monoisotopic (exact) mass is 350 g/mol. The highest BCUT2D eigenvalue weighted by molar-refractivity contribution is 6.04. The number of hydrogen-bond donors (Lipinski definition) is 1. The second-order valence-electron chi connectivity index (χ2n) is 5.48. The largest absolute Gasteiger partial charge is 0.482 e. The van der Waals surface area contributed by atoms with Crippen LogP contribution in [0, 0.1) is 0 Å². The van der Waals surface area contributed by atoms with Crippen molar-refractivity contribution in [2.24, 2.45) is 0 Å². The van der Waals surface area contributed by atoms with Gasteiger partial charge in [-0.2, -0.15) is 0 Å². The molecule has 1 N–H and O–H groups in total. The number of methoxy groups -OCH3 is 1. The number of benzene rings is 2. The molecule has 0 spiro atoms. The molecule has 0 saturated heterocycles. The summed E-state index contributed by atoms with van der Waals surface area (Å²) in [6.07, 6.45) is 3.88. The van der Waals surface area contributed by atoms with E-state index >= 15 is 0 Å². The fraction of sp³-hybridized carbons (Fsp3) is 0.100. The second-order valence-corrected chi connectivity index (χ2v) is 5.48. The first-order chi connectivity index (χ1) is 12.7. The molecular weight excluding hydrogens is 332 g/mol. The van der Waals surface area contributed by atoms with Crippen LogP contribution in [0.3, 0.4) is 0 Å². The minimum atomic E-state index is -0.470. The topological polar surface area (TPSA) is 69.6 Å². The van der Waals surface area contributed by atoms with Crippen LogP contribution in [0.1, 0.15) is 10.4 Å². The zero-order chi connectivity index (χ0) is 18.4. The van der Waals surface area contributed by atoms with Crippen LogP contribution in [-0.2, 0) is 9.53 Å². The van der Waals surface area contributed by atoms with Crippen LogP contribution in [-0.4, -0.2) is 30.2 Å². The molecule has 26 heavy (non-hydrogen) atoms. The summed E-state index contributed by atoms with van der Waals surface area (Å²) in [5.74, 6) is -0.229. The van der Waals surface area contributed by atoms with E-state index in [9.17, 15) is 9.59 Å². The van der Waals surface area contributed by atoms with E-state index in [2.05, 4.69) is 10.1 Å². The van der Waals surface area contributed by atoms with Gasteiger partial charge < -0.3 is 19.4 Å². The molecule has 3 aromatic rings. The van der Waals surface area contributed by atoms with Crippen LogP contribution < -0.4 is 10.1 Å². The number of carbonyl (C=O) groups is 2. The molecule has 3 rings (SSSR count). The van der Waals surface area contributed by atoms with E-state index in [0.717, 1.165) is 5.69 Å². The van der Waals surface area contributed by atoms with Crippen molar-refractivity contribution in [2.75, 3.05) is 19.0 Å². The molecule has 0 unspecified atom stereocenters. The number of nitrogens with zero attached hydrogens (tertiary/aromatic N) is 1. The Kier molecular flexibility index (Phi) is 5.34. The number of aromatic nitrogens is 1. The Morgan fingerprint density at radius 3 is 2.42 bits per heavy atom. The Hall–Kier alpha value is -3.54. The Morgan fingerprint density at radius 2 is 1.73 bits per heavy atom. The van der Waals surface area contributed by atoms with Crippen molar-refractivity contribution in [3.05, 3.63) is 78.6 Å². The minimum absolute atomic E-state index is 0.186. The van der Waals surface area contributed by atoms with E-state index in [1.165, 1.54) is 7.11 Å². The van der Waals surface area contributed by atoms with Gasteiger partial charge in [0.2, 0.25) is 0 Å². The first-order valence-electron chi connectivity index (χ1n) is 8.00. The van der Waals surface area contributed by atoms with Crippen LogP contribution >= 0.6 is 0 Å². The van der Waals surface area contributed by atoms with Crippen molar-refractivity contribution in [1.82, 2.24) is 4.57 Å². The second kappa shape index (κ2) is 8.02. The lowest BCUT2D eigenvalue weighted by atomic mass is 10.2. The summed E-state index contributed by atoms with van der Waals surface area (Å²) in [6, 6.07) is 18.0.